The lowest BCUT2D eigenvalue weighted by molar-refractivity contribution is -0.140. The minimum Gasteiger partial charge on any atom is -0.434 e. The van der Waals surface area contributed by atoms with E-state index in [1.807, 2.05) is 44.2 Å². The van der Waals surface area contributed by atoms with E-state index in [0.29, 0.717) is 45.3 Å². The van der Waals surface area contributed by atoms with Gasteiger partial charge in [-0.3, -0.25) is 14.4 Å². The van der Waals surface area contributed by atoms with Crippen LogP contribution in [0.25, 0.3) is 0 Å². The summed E-state index contributed by atoms with van der Waals surface area (Å²) in [5.41, 5.74) is 12.5. The van der Waals surface area contributed by atoms with Crippen molar-refractivity contribution in [2.75, 3.05) is 45.6 Å². The molecule has 0 radical (unpaired) electrons. The molecule has 15 heteroatoms. The zero-order valence-electron chi connectivity index (χ0n) is 27.0. The summed E-state index contributed by atoms with van der Waals surface area (Å²) in [7, 11) is -3.84. The Morgan fingerprint density at radius 3 is 2.30 bits per heavy atom. The van der Waals surface area contributed by atoms with Crippen LogP contribution < -0.4 is 11.5 Å². The fourth-order valence-corrected chi connectivity index (χ4v) is 6.78. The second-order valence-electron chi connectivity index (χ2n) is 12.3. The highest BCUT2D eigenvalue weighted by Crippen LogP contribution is 2.26. The maximum atomic E-state index is 13.9. The summed E-state index contributed by atoms with van der Waals surface area (Å²) < 4.78 is 37.6. The van der Waals surface area contributed by atoms with Gasteiger partial charge in [0.25, 0.3) is 0 Å². The summed E-state index contributed by atoms with van der Waals surface area (Å²) in [6.45, 7) is 5.43. The number of carbonyl (C=O) groups excluding carboxylic acids is 4. The lowest BCUT2D eigenvalue weighted by atomic mass is 9.95. The van der Waals surface area contributed by atoms with E-state index < -0.39 is 46.0 Å². The molecule has 2 atom stereocenters. The number of guanidine groups is 1. The van der Waals surface area contributed by atoms with E-state index in [2.05, 4.69) is 4.99 Å². The zero-order valence-corrected chi connectivity index (χ0v) is 27.8. The Hall–Kier alpha value is -3.72. The molecule has 3 rings (SSSR count). The molecule has 0 spiro atoms. The Balaban J connectivity index is 1.61. The third-order valence-electron chi connectivity index (χ3n) is 8.10. The number of benzene rings is 1. The van der Waals surface area contributed by atoms with Gasteiger partial charge in [0.2, 0.25) is 27.7 Å². The van der Waals surface area contributed by atoms with Crippen molar-refractivity contribution in [3.8, 4) is 0 Å². The number of sulfonamides is 1. The molecular weight excluding hydrogens is 616 g/mol. The van der Waals surface area contributed by atoms with Crippen LogP contribution in [0.4, 0.5) is 4.79 Å². The van der Waals surface area contributed by atoms with Crippen LogP contribution in [0.1, 0.15) is 57.9 Å². The first-order valence-electron chi connectivity index (χ1n) is 15.8. The third-order valence-corrected chi connectivity index (χ3v) is 9.36. The second-order valence-corrected chi connectivity index (χ2v) is 14.3. The van der Waals surface area contributed by atoms with Crippen LogP contribution in [0.3, 0.4) is 0 Å². The van der Waals surface area contributed by atoms with Crippen LogP contribution in [0.5, 0.6) is 0 Å². The molecule has 0 aliphatic carbocycles. The van der Waals surface area contributed by atoms with Crippen LogP contribution in [0.2, 0.25) is 0 Å². The molecule has 2 heterocycles. The molecule has 1 aromatic rings. The van der Waals surface area contributed by atoms with Gasteiger partial charge in [-0.15, -0.1) is 0 Å². The average Bonchev–Trinajstić information content (AvgIpc) is 3.50. The van der Waals surface area contributed by atoms with Crippen LogP contribution in [-0.4, -0.2) is 110 Å². The number of hydrogen-bond acceptors (Lipinski definition) is 8. The van der Waals surface area contributed by atoms with Crippen LogP contribution >= 0.6 is 0 Å². The number of piperidine rings is 1. The number of likely N-dealkylation sites (tertiary alicyclic amines) is 2. The summed E-state index contributed by atoms with van der Waals surface area (Å²) >= 11 is 0. The van der Waals surface area contributed by atoms with Crippen molar-refractivity contribution < 1.29 is 37.1 Å². The van der Waals surface area contributed by atoms with Crippen molar-refractivity contribution in [2.24, 2.45) is 28.3 Å². The Bertz CT molecular complexity index is 1330. The van der Waals surface area contributed by atoms with E-state index in [1.165, 1.54) is 9.21 Å². The predicted octanol–water partition coefficient (Wildman–Crippen LogP) is 1.48. The predicted molar refractivity (Wildman–Crippen MR) is 172 cm³/mol. The van der Waals surface area contributed by atoms with Crippen molar-refractivity contribution in [3.63, 3.8) is 0 Å². The Kier molecular flexibility index (Phi) is 13.8. The fraction of sp³-hybridized carbons (Fsp3) is 0.645. The number of ether oxygens (including phenoxy) is 2. The smallest absolute Gasteiger partial charge is 0.434 e. The van der Waals surface area contributed by atoms with Crippen LogP contribution in [-0.2, 0) is 40.3 Å². The monoisotopic (exact) mass is 664 g/mol. The Labute approximate surface area is 271 Å². The van der Waals surface area contributed by atoms with E-state index in [1.54, 1.807) is 4.90 Å². The van der Waals surface area contributed by atoms with E-state index in [9.17, 15) is 27.6 Å². The van der Waals surface area contributed by atoms with Crippen LogP contribution in [0, 0.1) is 11.8 Å². The first kappa shape index (κ1) is 36.7. The number of primary amides is 1. The van der Waals surface area contributed by atoms with Crippen molar-refractivity contribution in [3.05, 3.63) is 35.9 Å². The lowest BCUT2D eigenvalue weighted by Gasteiger charge is -2.38. The number of carbonyl (C=O) groups is 4. The second kappa shape index (κ2) is 17.3. The highest BCUT2D eigenvalue weighted by molar-refractivity contribution is 7.88. The van der Waals surface area contributed by atoms with Gasteiger partial charge in [0.05, 0.1) is 19.5 Å². The number of hydrogen-bond donors (Lipinski definition) is 2. The lowest BCUT2D eigenvalue weighted by Crippen LogP contribution is -2.56. The fourth-order valence-electron chi connectivity index (χ4n) is 5.67. The molecule has 3 amide bonds. The molecule has 0 saturated carbocycles. The molecule has 4 N–H and O–H groups in total. The molecule has 46 heavy (non-hydrogen) atoms. The van der Waals surface area contributed by atoms with Gasteiger partial charge < -0.3 is 30.7 Å². The number of nitrogens with zero attached hydrogens (tertiary/aromatic N) is 4. The summed E-state index contributed by atoms with van der Waals surface area (Å²) in [6, 6.07) is 7.38. The molecule has 2 fully saturated rings. The first-order valence-corrected chi connectivity index (χ1v) is 17.6. The molecule has 0 bridgehead atoms. The number of aliphatic imine (C=N–C) groups is 1. The van der Waals surface area contributed by atoms with E-state index >= 15 is 0 Å². The molecule has 0 aromatic heterocycles. The molecule has 2 aliphatic rings. The molecule has 2 saturated heterocycles. The highest BCUT2D eigenvalue weighted by Gasteiger charge is 2.41. The summed E-state index contributed by atoms with van der Waals surface area (Å²) in [4.78, 5) is 57.1. The van der Waals surface area contributed by atoms with E-state index in [4.69, 9.17) is 20.9 Å². The van der Waals surface area contributed by atoms with Gasteiger partial charge in [0, 0.05) is 32.6 Å². The Morgan fingerprint density at radius 2 is 1.70 bits per heavy atom. The van der Waals surface area contributed by atoms with Gasteiger partial charge in [-0.1, -0.05) is 44.2 Å². The molecular formula is C31H48N6O8S. The molecule has 0 unspecified atom stereocenters. The summed E-state index contributed by atoms with van der Waals surface area (Å²) in [6.07, 6.45) is 2.97. The van der Waals surface area contributed by atoms with Gasteiger partial charge in [-0.05, 0) is 55.9 Å². The van der Waals surface area contributed by atoms with Gasteiger partial charge in [-0.25, -0.2) is 13.2 Å². The summed E-state index contributed by atoms with van der Waals surface area (Å²) in [5.74, 6) is -1.30. The van der Waals surface area contributed by atoms with Gasteiger partial charge >= 0.3 is 6.16 Å². The average molecular weight is 665 g/mol. The van der Waals surface area contributed by atoms with Crippen molar-refractivity contribution in [2.45, 2.75) is 70.9 Å². The van der Waals surface area contributed by atoms with Gasteiger partial charge in [0.15, 0.2) is 5.96 Å². The van der Waals surface area contributed by atoms with Crippen LogP contribution in [0.15, 0.2) is 35.3 Å². The zero-order chi connectivity index (χ0) is 33.9. The molecule has 256 valence electrons. The topological polar surface area (TPSA) is 195 Å². The van der Waals surface area contributed by atoms with Gasteiger partial charge in [-0.2, -0.15) is 9.30 Å². The molecule has 2 aliphatic heterocycles. The van der Waals surface area contributed by atoms with Gasteiger partial charge in [0.1, 0.15) is 12.1 Å². The Morgan fingerprint density at radius 1 is 1.02 bits per heavy atom. The molecule has 1 aromatic carbocycles. The molecule has 14 nitrogen and oxygen atoms in total. The SMILES string of the molecule is CC(C)COC(=O)OCCCC(=O)N=C(N)N1CCC(CN([C@H](Cc2ccccc2)C(=O)N2CCC[C@H]2C(N)=O)S(C)(=O)=O)CC1. The van der Waals surface area contributed by atoms with E-state index in [-0.39, 0.29) is 56.8 Å². The third kappa shape index (κ3) is 11.3. The van der Waals surface area contributed by atoms with Crippen molar-refractivity contribution in [1.29, 1.82) is 0 Å². The normalized spacial score (nSPS) is 18.5. The minimum absolute atomic E-state index is 0.0229. The first-order chi connectivity index (χ1) is 21.8. The van der Waals surface area contributed by atoms with Crippen molar-refractivity contribution >= 4 is 39.9 Å². The van der Waals surface area contributed by atoms with Crippen molar-refractivity contribution in [1.82, 2.24) is 14.1 Å². The minimum atomic E-state index is -3.84. The van der Waals surface area contributed by atoms with E-state index in [0.717, 1.165) is 11.8 Å². The maximum absolute atomic E-state index is 13.9. The number of rotatable bonds is 14. The number of amides is 3. The largest absolute Gasteiger partial charge is 0.508 e. The highest BCUT2D eigenvalue weighted by atomic mass is 32.2. The quantitative estimate of drug-likeness (QED) is 0.127. The summed E-state index contributed by atoms with van der Waals surface area (Å²) in [5, 5.41) is 0. The number of nitrogens with two attached hydrogens (primary N) is 2. The standard InChI is InChI=1S/C31H48N6O8S/c1-22(2)21-45-31(41)44-18-8-12-27(38)34-30(33)35-16-13-24(14-17-35)20-37(46(3,42)43)26(19-23-9-5-4-6-10-23)29(40)36-15-7-11-25(36)28(32)39/h4-6,9-10,22,24-26H,7-8,11-21H2,1-3H3,(H2,32,39)(H2,33,34,38)/t25-,26+/m0/s1. The maximum Gasteiger partial charge on any atom is 0.508 e.